The largest absolute Gasteiger partial charge is 0.378 e. The van der Waals surface area contributed by atoms with Gasteiger partial charge in [0.25, 0.3) is 0 Å². The van der Waals surface area contributed by atoms with Crippen molar-refractivity contribution in [2.24, 2.45) is 0 Å². The van der Waals surface area contributed by atoms with Crippen molar-refractivity contribution < 1.29 is 4.74 Å². The molecule has 0 unspecified atom stereocenters. The number of aromatic nitrogens is 1. The van der Waals surface area contributed by atoms with E-state index in [4.69, 9.17) is 17.0 Å². The highest BCUT2D eigenvalue weighted by Gasteiger charge is 2.20. The molecule has 4 rings (SSSR count). The maximum atomic E-state index is 5.80. The zero-order chi connectivity index (χ0) is 17.4. The van der Waals surface area contributed by atoms with Crippen LogP contribution in [0.15, 0.2) is 48.5 Å². The lowest BCUT2D eigenvalue weighted by Crippen LogP contribution is -2.40. The van der Waals surface area contributed by atoms with Crippen molar-refractivity contribution in [3.63, 3.8) is 0 Å². The summed E-state index contributed by atoms with van der Waals surface area (Å²) in [6, 6.07) is 17.2. The van der Waals surface area contributed by atoms with Crippen LogP contribution >= 0.6 is 12.2 Å². The van der Waals surface area contributed by atoms with Crippen molar-refractivity contribution in [3.05, 3.63) is 65.5 Å². The van der Waals surface area contributed by atoms with Crippen molar-refractivity contribution in [2.45, 2.75) is 13.8 Å². The molecule has 4 heteroatoms. The Balaban J connectivity index is 1.81. The molecule has 1 fully saturated rings. The molecule has 1 aliphatic rings. The van der Waals surface area contributed by atoms with E-state index in [1.807, 2.05) is 0 Å². The van der Waals surface area contributed by atoms with Gasteiger partial charge in [-0.25, -0.2) is 0 Å². The van der Waals surface area contributed by atoms with Crippen molar-refractivity contribution in [1.82, 2.24) is 9.47 Å². The number of hydrogen-bond acceptors (Lipinski definition) is 2. The van der Waals surface area contributed by atoms with Gasteiger partial charge >= 0.3 is 0 Å². The third-order valence-electron chi connectivity index (χ3n) is 4.97. The van der Waals surface area contributed by atoms with Crippen molar-refractivity contribution >= 4 is 28.0 Å². The van der Waals surface area contributed by atoms with Gasteiger partial charge in [0.2, 0.25) is 0 Å². The average Bonchev–Trinajstić information content (AvgIpc) is 2.95. The summed E-state index contributed by atoms with van der Waals surface area (Å²) < 4.78 is 7.78. The molecule has 0 spiro atoms. The van der Waals surface area contributed by atoms with Gasteiger partial charge < -0.3 is 14.2 Å². The first-order valence-electron chi connectivity index (χ1n) is 8.71. The molecule has 1 aromatic heterocycles. The first-order chi connectivity index (χ1) is 12.2. The Morgan fingerprint density at radius 1 is 1.00 bits per heavy atom. The molecule has 2 heterocycles. The minimum atomic E-state index is 0.752. The summed E-state index contributed by atoms with van der Waals surface area (Å²) in [5.41, 5.74) is 4.77. The number of thiocarbonyl (C=S) groups is 1. The molecule has 0 bridgehead atoms. The zero-order valence-electron chi connectivity index (χ0n) is 14.7. The van der Waals surface area contributed by atoms with Crippen LogP contribution < -0.4 is 0 Å². The Bertz CT molecular complexity index is 933. The summed E-state index contributed by atoms with van der Waals surface area (Å²) in [5.74, 6) is 0. The van der Waals surface area contributed by atoms with Crippen LogP contribution in [0.25, 0.3) is 16.5 Å². The molecule has 25 heavy (non-hydrogen) atoms. The number of fused-ring (bicyclic) bond motifs is 1. The topological polar surface area (TPSA) is 17.4 Å². The van der Waals surface area contributed by atoms with E-state index in [1.54, 1.807) is 0 Å². The fourth-order valence-corrected chi connectivity index (χ4v) is 4.08. The lowest BCUT2D eigenvalue weighted by Gasteiger charge is -2.29. The van der Waals surface area contributed by atoms with Crippen molar-refractivity contribution in [2.75, 3.05) is 26.3 Å². The van der Waals surface area contributed by atoms with E-state index >= 15 is 0 Å². The van der Waals surface area contributed by atoms with Crippen LogP contribution in [0.4, 0.5) is 0 Å². The highest BCUT2D eigenvalue weighted by atomic mass is 32.1. The molecule has 3 aromatic rings. The second-order valence-electron chi connectivity index (χ2n) is 6.52. The summed E-state index contributed by atoms with van der Waals surface area (Å²) in [6.45, 7) is 7.56. The van der Waals surface area contributed by atoms with Gasteiger partial charge in [0.1, 0.15) is 4.99 Å². The molecule has 0 radical (unpaired) electrons. The highest BCUT2D eigenvalue weighted by molar-refractivity contribution is 7.80. The molecule has 3 nitrogen and oxygen atoms in total. The van der Waals surface area contributed by atoms with Gasteiger partial charge in [-0.1, -0.05) is 48.6 Å². The molecule has 0 N–H and O–H groups in total. The van der Waals surface area contributed by atoms with E-state index in [2.05, 4.69) is 71.8 Å². The molecule has 0 atom stereocenters. The minimum Gasteiger partial charge on any atom is -0.378 e. The first kappa shape index (κ1) is 16.3. The third kappa shape index (κ3) is 2.86. The van der Waals surface area contributed by atoms with Gasteiger partial charge in [-0.2, -0.15) is 0 Å². The van der Waals surface area contributed by atoms with Crippen molar-refractivity contribution in [3.8, 4) is 5.69 Å². The van der Waals surface area contributed by atoms with E-state index in [-0.39, 0.29) is 0 Å². The van der Waals surface area contributed by atoms with Gasteiger partial charge in [0, 0.05) is 35.4 Å². The molecule has 2 aromatic carbocycles. The lowest BCUT2D eigenvalue weighted by molar-refractivity contribution is 0.0692. The van der Waals surface area contributed by atoms with Crippen molar-refractivity contribution in [1.29, 1.82) is 0 Å². The zero-order valence-corrected chi connectivity index (χ0v) is 15.5. The van der Waals surface area contributed by atoms with Crippen LogP contribution in [0.5, 0.6) is 0 Å². The smallest absolute Gasteiger partial charge is 0.111 e. The minimum absolute atomic E-state index is 0.752. The number of benzene rings is 2. The Morgan fingerprint density at radius 3 is 2.52 bits per heavy atom. The summed E-state index contributed by atoms with van der Waals surface area (Å²) in [5, 5.41) is 2.51. The van der Waals surface area contributed by atoms with E-state index in [9.17, 15) is 0 Å². The fourth-order valence-electron chi connectivity index (χ4n) is 3.69. The number of ether oxygens (including phenoxy) is 1. The van der Waals surface area contributed by atoms with Crippen LogP contribution in [0.2, 0.25) is 0 Å². The number of aryl methyl sites for hydroxylation is 1. The Labute approximate surface area is 153 Å². The Kier molecular flexibility index (Phi) is 4.32. The number of nitrogens with zero attached hydrogens (tertiary/aromatic N) is 2. The molecule has 1 aliphatic heterocycles. The van der Waals surface area contributed by atoms with Gasteiger partial charge in [-0.15, -0.1) is 0 Å². The fraction of sp³-hybridized carbons (Fsp3) is 0.286. The van der Waals surface area contributed by atoms with Gasteiger partial charge in [-0.3, -0.25) is 0 Å². The average molecular weight is 350 g/mol. The Hall–Kier alpha value is -2.17. The maximum Gasteiger partial charge on any atom is 0.111 e. The third-order valence-corrected chi connectivity index (χ3v) is 5.45. The number of morpholine rings is 1. The Morgan fingerprint density at radius 2 is 1.72 bits per heavy atom. The maximum absolute atomic E-state index is 5.80. The monoisotopic (exact) mass is 350 g/mol. The van der Waals surface area contributed by atoms with Crippen LogP contribution in [0, 0.1) is 13.8 Å². The van der Waals surface area contributed by atoms with E-state index in [0.29, 0.717) is 0 Å². The van der Waals surface area contributed by atoms with Gasteiger partial charge in [0.15, 0.2) is 0 Å². The van der Waals surface area contributed by atoms with E-state index in [1.165, 1.54) is 27.8 Å². The SMILES string of the molecule is Cc1cc(C(=S)N2CCOCC2)c(C)n1-c1cccc2ccccc12. The van der Waals surface area contributed by atoms with Crippen LogP contribution in [-0.2, 0) is 4.74 Å². The first-order valence-corrected chi connectivity index (χ1v) is 9.12. The molecule has 0 saturated carbocycles. The predicted molar refractivity (Wildman–Crippen MR) is 107 cm³/mol. The summed E-state index contributed by atoms with van der Waals surface area (Å²) in [4.78, 5) is 3.19. The molecular weight excluding hydrogens is 328 g/mol. The van der Waals surface area contributed by atoms with E-state index in [0.717, 1.165) is 36.9 Å². The number of hydrogen-bond donors (Lipinski definition) is 0. The summed E-state index contributed by atoms with van der Waals surface area (Å²) >= 11 is 5.80. The quantitative estimate of drug-likeness (QED) is 0.643. The summed E-state index contributed by atoms with van der Waals surface area (Å²) in [6.07, 6.45) is 0. The second-order valence-corrected chi connectivity index (χ2v) is 6.91. The molecule has 1 saturated heterocycles. The van der Waals surface area contributed by atoms with Gasteiger partial charge in [-0.05, 0) is 31.4 Å². The molecule has 128 valence electrons. The van der Waals surface area contributed by atoms with Crippen LogP contribution in [0.3, 0.4) is 0 Å². The van der Waals surface area contributed by atoms with Crippen LogP contribution in [-0.4, -0.2) is 40.8 Å². The number of rotatable bonds is 2. The summed E-state index contributed by atoms with van der Waals surface area (Å²) in [7, 11) is 0. The van der Waals surface area contributed by atoms with Crippen LogP contribution in [0.1, 0.15) is 17.0 Å². The van der Waals surface area contributed by atoms with Gasteiger partial charge in [0.05, 0.1) is 18.9 Å². The molecule has 0 amide bonds. The molecule has 0 aliphatic carbocycles. The van der Waals surface area contributed by atoms with E-state index < -0.39 is 0 Å². The highest BCUT2D eigenvalue weighted by Crippen LogP contribution is 2.28. The predicted octanol–water partition coefficient (Wildman–Crippen LogP) is 4.26. The molecular formula is C21H22N2OS. The second kappa shape index (κ2) is 6.62. The standard InChI is InChI=1S/C21H22N2OS/c1-15-14-19(21(25)22-10-12-24-13-11-22)16(2)23(15)20-9-5-7-17-6-3-4-8-18(17)20/h3-9,14H,10-13H2,1-2H3. The lowest BCUT2D eigenvalue weighted by atomic mass is 10.1. The normalized spacial score (nSPS) is 14.9.